The summed E-state index contributed by atoms with van der Waals surface area (Å²) in [4.78, 5) is 33.1. The number of carbonyl (C=O) groups excluding carboxylic acids is 1. The topological polar surface area (TPSA) is 105 Å². The second kappa shape index (κ2) is 8.96. The summed E-state index contributed by atoms with van der Waals surface area (Å²) in [6, 6.07) is 5.78. The zero-order valence-electron chi connectivity index (χ0n) is 19.4. The molecule has 2 aromatic heterocycles. The van der Waals surface area contributed by atoms with E-state index in [0.717, 1.165) is 37.8 Å². The third-order valence-electron chi connectivity index (χ3n) is 7.06. The molecule has 1 aliphatic heterocycles. The van der Waals surface area contributed by atoms with Gasteiger partial charge in [0.15, 0.2) is 0 Å². The van der Waals surface area contributed by atoms with Crippen LogP contribution in [0.25, 0.3) is 0 Å². The van der Waals surface area contributed by atoms with Crippen molar-refractivity contribution in [3.8, 4) is 5.75 Å². The first-order chi connectivity index (χ1) is 17.1. The number of halogens is 1. The van der Waals surface area contributed by atoms with Crippen LogP contribution in [0.1, 0.15) is 33.7 Å². The molecule has 180 valence electrons. The van der Waals surface area contributed by atoms with E-state index >= 15 is 0 Å². The molecule has 10 heteroatoms. The lowest BCUT2D eigenvalue weighted by Gasteiger charge is -2.21. The minimum Gasteiger partial charge on any atom is -0.495 e. The number of methoxy groups -OCH3 is 1. The molecule has 0 radical (unpaired) electrons. The summed E-state index contributed by atoms with van der Waals surface area (Å²) in [7, 11) is 1.62. The van der Waals surface area contributed by atoms with Gasteiger partial charge < -0.3 is 20.3 Å². The average Bonchev–Trinajstić information content (AvgIpc) is 3.28. The number of piperidine rings is 1. The van der Waals surface area contributed by atoms with Gasteiger partial charge in [0.1, 0.15) is 23.0 Å². The number of nitrogens with zero attached hydrogens (tertiary/aromatic N) is 5. The number of ether oxygens (including phenoxy) is 1. The van der Waals surface area contributed by atoms with Gasteiger partial charge in [-0.25, -0.2) is 15.0 Å². The summed E-state index contributed by atoms with van der Waals surface area (Å²) in [5, 5.41) is 7.02. The standard InChI is InChI=1S/C25H26ClN7O2/c1-35-21-9-15-7-18(6-14(15)8-20(21)26)31-23-19(24(34)29-11-22-27-3-2-4-28-22)10-30-25(32-23)33-12-16-5-17(16)13-33/h2-4,8-10,16-18H,5-7,11-13H2,1H3,(H,29,34)(H,30,31,32). The molecular weight excluding hydrogens is 466 g/mol. The molecule has 2 fully saturated rings. The number of carbonyl (C=O) groups is 1. The van der Waals surface area contributed by atoms with Crippen LogP contribution in [0.5, 0.6) is 5.75 Å². The van der Waals surface area contributed by atoms with Crippen molar-refractivity contribution < 1.29 is 9.53 Å². The summed E-state index contributed by atoms with van der Waals surface area (Å²) in [5.41, 5.74) is 2.76. The monoisotopic (exact) mass is 491 g/mol. The minimum atomic E-state index is -0.268. The first-order valence-electron chi connectivity index (χ1n) is 11.8. The molecule has 2 aliphatic carbocycles. The summed E-state index contributed by atoms with van der Waals surface area (Å²) < 4.78 is 5.38. The van der Waals surface area contributed by atoms with Crippen LogP contribution in [0.3, 0.4) is 0 Å². The molecule has 3 heterocycles. The van der Waals surface area contributed by atoms with E-state index in [1.165, 1.54) is 17.5 Å². The van der Waals surface area contributed by atoms with Crippen LogP contribution in [0, 0.1) is 11.8 Å². The van der Waals surface area contributed by atoms with E-state index in [-0.39, 0.29) is 18.5 Å². The number of rotatable bonds is 7. The molecule has 9 nitrogen and oxygen atoms in total. The highest BCUT2D eigenvalue weighted by Gasteiger charge is 2.46. The van der Waals surface area contributed by atoms with E-state index in [0.29, 0.717) is 33.9 Å². The lowest BCUT2D eigenvalue weighted by atomic mass is 10.1. The van der Waals surface area contributed by atoms with E-state index in [1.807, 2.05) is 12.1 Å². The Balaban J connectivity index is 1.23. The maximum atomic E-state index is 13.1. The SMILES string of the molecule is COc1cc2c(cc1Cl)CC(Nc1nc(N3CC4CC4C3)ncc1C(=O)NCc1ncccn1)C2. The van der Waals surface area contributed by atoms with Gasteiger partial charge in [-0.3, -0.25) is 4.79 Å². The number of aromatic nitrogens is 4. The molecule has 3 atom stereocenters. The molecule has 3 unspecified atom stereocenters. The molecule has 1 saturated carbocycles. The lowest BCUT2D eigenvalue weighted by molar-refractivity contribution is 0.0950. The Bertz CT molecular complexity index is 1260. The fourth-order valence-corrected chi connectivity index (χ4v) is 5.37. The lowest BCUT2D eigenvalue weighted by Crippen LogP contribution is -2.30. The molecule has 1 saturated heterocycles. The smallest absolute Gasteiger partial charge is 0.256 e. The van der Waals surface area contributed by atoms with Crippen LogP contribution in [0.15, 0.2) is 36.8 Å². The number of benzene rings is 1. The van der Waals surface area contributed by atoms with Gasteiger partial charge in [-0.1, -0.05) is 11.6 Å². The number of amides is 1. The predicted octanol–water partition coefficient (Wildman–Crippen LogP) is 2.89. The quantitative estimate of drug-likeness (QED) is 0.520. The van der Waals surface area contributed by atoms with Gasteiger partial charge in [-0.2, -0.15) is 4.98 Å². The molecule has 35 heavy (non-hydrogen) atoms. The van der Waals surface area contributed by atoms with E-state index in [2.05, 4.69) is 30.5 Å². The van der Waals surface area contributed by atoms with Crippen LogP contribution in [-0.2, 0) is 19.4 Å². The highest BCUT2D eigenvalue weighted by atomic mass is 35.5. The Morgan fingerprint density at radius 2 is 1.89 bits per heavy atom. The molecule has 2 N–H and O–H groups in total. The van der Waals surface area contributed by atoms with Gasteiger partial charge in [0.25, 0.3) is 5.91 Å². The average molecular weight is 492 g/mol. The van der Waals surface area contributed by atoms with Gasteiger partial charge in [-0.15, -0.1) is 0 Å². The summed E-state index contributed by atoms with van der Waals surface area (Å²) in [6.45, 7) is 2.19. The fourth-order valence-electron chi connectivity index (χ4n) is 5.11. The summed E-state index contributed by atoms with van der Waals surface area (Å²) >= 11 is 6.34. The molecule has 3 aromatic rings. The number of hydrogen-bond acceptors (Lipinski definition) is 8. The van der Waals surface area contributed by atoms with Crippen molar-refractivity contribution in [1.29, 1.82) is 0 Å². The Kier molecular flexibility index (Phi) is 5.64. The number of hydrogen-bond donors (Lipinski definition) is 2. The predicted molar refractivity (Wildman–Crippen MR) is 132 cm³/mol. The third-order valence-corrected chi connectivity index (χ3v) is 7.35. The highest BCUT2D eigenvalue weighted by molar-refractivity contribution is 6.32. The van der Waals surface area contributed by atoms with Crippen molar-refractivity contribution >= 4 is 29.3 Å². The van der Waals surface area contributed by atoms with Gasteiger partial charge >= 0.3 is 0 Å². The summed E-state index contributed by atoms with van der Waals surface area (Å²) in [6.07, 6.45) is 7.80. The van der Waals surface area contributed by atoms with E-state index in [1.54, 1.807) is 31.8 Å². The van der Waals surface area contributed by atoms with Crippen LogP contribution in [-0.4, -0.2) is 52.1 Å². The maximum Gasteiger partial charge on any atom is 0.256 e. The minimum absolute atomic E-state index is 0.0758. The van der Waals surface area contributed by atoms with Crippen LogP contribution >= 0.6 is 11.6 Å². The van der Waals surface area contributed by atoms with Gasteiger partial charge in [0, 0.05) is 37.7 Å². The largest absolute Gasteiger partial charge is 0.495 e. The van der Waals surface area contributed by atoms with Crippen LogP contribution in [0.4, 0.5) is 11.8 Å². The Morgan fingerprint density at radius 3 is 2.63 bits per heavy atom. The fraction of sp³-hybridized carbons (Fsp3) is 0.400. The van der Waals surface area contributed by atoms with Crippen LogP contribution in [0.2, 0.25) is 5.02 Å². The second-order valence-corrected chi connectivity index (χ2v) is 9.85. The van der Waals surface area contributed by atoms with Gasteiger partial charge in [0.2, 0.25) is 5.95 Å². The number of nitrogens with one attached hydrogen (secondary N) is 2. The Hall–Kier alpha value is -3.46. The second-order valence-electron chi connectivity index (χ2n) is 9.45. The molecule has 1 aromatic carbocycles. The van der Waals surface area contributed by atoms with Crippen molar-refractivity contribution in [3.63, 3.8) is 0 Å². The normalized spacial score (nSPS) is 21.9. The van der Waals surface area contributed by atoms with Gasteiger partial charge in [-0.05, 0) is 60.4 Å². The third kappa shape index (κ3) is 4.48. The Labute approximate surface area is 208 Å². The van der Waals surface area contributed by atoms with Crippen molar-refractivity contribution in [1.82, 2.24) is 25.3 Å². The molecular formula is C25H26ClN7O2. The van der Waals surface area contributed by atoms with Crippen molar-refractivity contribution in [2.24, 2.45) is 11.8 Å². The molecule has 1 amide bonds. The maximum absolute atomic E-state index is 13.1. The number of anilines is 2. The zero-order chi connectivity index (χ0) is 23.9. The Morgan fingerprint density at radius 1 is 1.14 bits per heavy atom. The molecule has 0 bridgehead atoms. The van der Waals surface area contributed by atoms with Crippen LogP contribution < -0.4 is 20.3 Å². The summed E-state index contributed by atoms with van der Waals surface area (Å²) in [5.74, 6) is 3.67. The van der Waals surface area contributed by atoms with E-state index in [4.69, 9.17) is 21.3 Å². The van der Waals surface area contributed by atoms with Crippen molar-refractivity contribution in [2.75, 3.05) is 30.4 Å². The van der Waals surface area contributed by atoms with E-state index in [9.17, 15) is 4.79 Å². The molecule has 3 aliphatic rings. The number of fused-ring (bicyclic) bond motifs is 2. The molecule has 0 spiro atoms. The first-order valence-corrected chi connectivity index (χ1v) is 12.2. The highest BCUT2D eigenvalue weighted by Crippen LogP contribution is 2.45. The first kappa shape index (κ1) is 22.0. The molecule has 6 rings (SSSR count). The van der Waals surface area contributed by atoms with Crippen molar-refractivity contribution in [3.05, 3.63) is 64.3 Å². The zero-order valence-corrected chi connectivity index (χ0v) is 20.1. The van der Waals surface area contributed by atoms with Crippen molar-refractivity contribution in [2.45, 2.75) is 31.8 Å². The van der Waals surface area contributed by atoms with Gasteiger partial charge in [0.05, 0.1) is 18.7 Å². The van der Waals surface area contributed by atoms with E-state index < -0.39 is 0 Å².